The molecule has 9 rings (SSSR count). The van der Waals surface area contributed by atoms with Gasteiger partial charge in [0.1, 0.15) is 0 Å². The van der Waals surface area contributed by atoms with Crippen molar-refractivity contribution in [3.8, 4) is 50.4 Å². The SMILES string of the molecule is c1ccc(-c2cccc3c2sc2c(-c4ccc(-c5cccc(-[n+]6c[n+](-c7ccccc7)c[n+](-c7ccccc7)c6)c5)cc4)cccc23)cc1. The van der Waals surface area contributed by atoms with E-state index < -0.39 is 0 Å². The summed E-state index contributed by atoms with van der Waals surface area (Å²) in [5.41, 5.74) is 10.7. The van der Waals surface area contributed by atoms with Gasteiger partial charge in [-0.15, -0.1) is 11.3 Å². The molecule has 0 radical (unpaired) electrons. The molecule has 0 fully saturated rings. The zero-order chi connectivity index (χ0) is 32.6. The van der Waals surface area contributed by atoms with Crippen LogP contribution >= 0.6 is 11.3 Å². The predicted octanol–water partition coefficient (Wildman–Crippen LogP) is 9.89. The molecule has 230 valence electrons. The van der Waals surface area contributed by atoms with Crippen molar-refractivity contribution in [3.05, 3.63) is 195 Å². The summed E-state index contributed by atoms with van der Waals surface area (Å²) in [6.07, 6.45) is 6.38. The molecule has 3 nitrogen and oxygen atoms in total. The van der Waals surface area contributed by atoms with E-state index in [0.717, 1.165) is 17.1 Å². The summed E-state index contributed by atoms with van der Waals surface area (Å²) in [5.74, 6) is 0. The Kier molecular flexibility index (Phi) is 7.34. The lowest BCUT2D eigenvalue weighted by molar-refractivity contribution is -0.858. The molecular weight excluding hydrogens is 615 g/mol. The van der Waals surface area contributed by atoms with Crippen molar-refractivity contribution in [2.75, 3.05) is 0 Å². The lowest BCUT2D eigenvalue weighted by atomic mass is 9.98. The third-order valence-corrected chi connectivity index (χ3v) is 10.4. The number of hydrogen-bond donors (Lipinski definition) is 0. The van der Waals surface area contributed by atoms with Crippen LogP contribution in [-0.4, -0.2) is 0 Å². The van der Waals surface area contributed by atoms with E-state index in [9.17, 15) is 0 Å². The molecular formula is C45H32N3S+3. The molecule has 0 spiro atoms. The van der Waals surface area contributed by atoms with Gasteiger partial charge in [0.15, 0.2) is 0 Å². The highest BCUT2D eigenvalue weighted by atomic mass is 32.1. The normalized spacial score (nSPS) is 11.3. The van der Waals surface area contributed by atoms with E-state index in [2.05, 4.69) is 196 Å². The standard InChI is InChI=1S/C45H32N3S/c1-4-13-34(14-5-1)40-21-11-23-42-43-24-12-22-41(45(43)49-44(40)42)35-27-25-33(26-28-35)36-15-10-20-39(29-36)48-31-46(37-16-6-2-7-17-37)30-47(32-48)38-18-8-3-9-19-38/h1-32H/q+3. The highest BCUT2D eigenvalue weighted by Gasteiger charge is 2.25. The number of para-hydroxylation sites is 2. The maximum atomic E-state index is 2.27. The van der Waals surface area contributed by atoms with Crippen molar-refractivity contribution in [2.24, 2.45) is 0 Å². The van der Waals surface area contributed by atoms with Crippen LogP contribution < -0.4 is 13.7 Å². The molecule has 0 amide bonds. The van der Waals surface area contributed by atoms with Gasteiger partial charge in [-0.1, -0.05) is 153 Å². The molecule has 0 aliphatic carbocycles. The van der Waals surface area contributed by atoms with Crippen LogP contribution in [0.2, 0.25) is 0 Å². The number of rotatable bonds is 6. The minimum Gasteiger partial charge on any atom is -0.134 e. The molecule has 9 aromatic rings. The summed E-state index contributed by atoms with van der Waals surface area (Å²) >= 11 is 1.90. The van der Waals surface area contributed by atoms with Gasteiger partial charge in [-0.3, -0.25) is 0 Å². The second-order valence-corrected chi connectivity index (χ2v) is 13.2. The summed E-state index contributed by atoms with van der Waals surface area (Å²) in [5, 5.41) is 2.63. The first kappa shape index (κ1) is 29.0. The largest absolute Gasteiger partial charge is 0.428 e. The second-order valence-electron chi connectivity index (χ2n) is 12.2. The molecule has 0 saturated carbocycles. The first-order chi connectivity index (χ1) is 24.3. The van der Waals surface area contributed by atoms with E-state index in [-0.39, 0.29) is 0 Å². The minimum absolute atomic E-state index is 1.08. The highest BCUT2D eigenvalue weighted by Crippen LogP contribution is 2.43. The predicted molar refractivity (Wildman–Crippen MR) is 200 cm³/mol. The van der Waals surface area contributed by atoms with Gasteiger partial charge in [-0.2, -0.15) is 0 Å². The summed E-state index contributed by atoms with van der Waals surface area (Å²) in [6.45, 7) is 0. The highest BCUT2D eigenvalue weighted by molar-refractivity contribution is 7.26. The zero-order valence-corrected chi connectivity index (χ0v) is 27.5. The van der Waals surface area contributed by atoms with Crippen LogP contribution in [0.3, 0.4) is 0 Å². The topological polar surface area (TPSA) is 11.6 Å². The van der Waals surface area contributed by atoms with Gasteiger partial charge in [0.05, 0.1) is 0 Å². The van der Waals surface area contributed by atoms with Crippen LogP contribution in [0.15, 0.2) is 195 Å². The van der Waals surface area contributed by atoms with Crippen LogP contribution in [0.25, 0.3) is 70.6 Å². The molecule has 2 aromatic heterocycles. The Morgan fingerprint density at radius 3 is 1.27 bits per heavy atom. The first-order valence-corrected chi connectivity index (χ1v) is 17.3. The molecule has 0 saturated heterocycles. The Morgan fingerprint density at radius 2 is 0.714 bits per heavy atom. The number of fused-ring (bicyclic) bond motifs is 3. The van der Waals surface area contributed by atoms with Crippen molar-refractivity contribution in [1.82, 2.24) is 0 Å². The van der Waals surface area contributed by atoms with E-state index in [0.29, 0.717) is 0 Å². The van der Waals surface area contributed by atoms with Gasteiger partial charge in [-0.25, -0.2) is 0 Å². The molecule has 2 heterocycles. The van der Waals surface area contributed by atoms with Crippen LogP contribution in [0.1, 0.15) is 0 Å². The van der Waals surface area contributed by atoms with Crippen LogP contribution in [-0.2, 0) is 0 Å². The molecule has 0 unspecified atom stereocenters. The number of nitrogens with zero attached hydrogens (tertiary/aromatic N) is 3. The summed E-state index contributed by atoms with van der Waals surface area (Å²) in [4.78, 5) is 0. The number of hydrogen-bond acceptors (Lipinski definition) is 1. The summed E-state index contributed by atoms with van der Waals surface area (Å²) in [6, 6.07) is 62.8. The monoisotopic (exact) mass is 646 g/mol. The second kappa shape index (κ2) is 12.4. The average Bonchev–Trinajstić information content (AvgIpc) is 3.58. The van der Waals surface area contributed by atoms with Gasteiger partial charge in [0, 0.05) is 56.6 Å². The quantitative estimate of drug-likeness (QED) is 0.159. The zero-order valence-electron chi connectivity index (χ0n) is 26.7. The van der Waals surface area contributed by atoms with Crippen molar-refractivity contribution >= 4 is 31.5 Å². The van der Waals surface area contributed by atoms with Crippen LogP contribution in [0, 0.1) is 0 Å². The molecule has 0 aliphatic heterocycles. The lowest BCUT2D eigenvalue weighted by Gasteiger charge is -2.07. The molecule has 49 heavy (non-hydrogen) atoms. The Bertz CT molecular complexity index is 2520. The fourth-order valence-electron chi connectivity index (χ4n) is 6.67. The number of thiophene rings is 1. The van der Waals surface area contributed by atoms with Gasteiger partial charge in [0.2, 0.25) is 17.1 Å². The first-order valence-electron chi connectivity index (χ1n) is 16.5. The molecule has 4 heteroatoms. The Hall–Kier alpha value is -6.23. The van der Waals surface area contributed by atoms with Gasteiger partial charge in [-0.05, 0) is 33.4 Å². The van der Waals surface area contributed by atoms with Gasteiger partial charge >= 0.3 is 19.0 Å². The number of aromatic nitrogens is 3. The fraction of sp³-hybridized carbons (Fsp3) is 0. The minimum atomic E-state index is 1.08. The summed E-state index contributed by atoms with van der Waals surface area (Å²) < 4.78 is 9.17. The Morgan fingerprint density at radius 1 is 0.306 bits per heavy atom. The Labute approximate surface area is 289 Å². The van der Waals surface area contributed by atoms with Crippen molar-refractivity contribution in [2.45, 2.75) is 0 Å². The molecule has 0 N–H and O–H groups in total. The van der Waals surface area contributed by atoms with E-state index in [4.69, 9.17) is 0 Å². The third-order valence-electron chi connectivity index (χ3n) is 9.14. The van der Waals surface area contributed by atoms with Gasteiger partial charge < -0.3 is 0 Å². The summed E-state index contributed by atoms with van der Waals surface area (Å²) in [7, 11) is 0. The Balaban J connectivity index is 1.09. The van der Waals surface area contributed by atoms with Crippen molar-refractivity contribution in [3.63, 3.8) is 0 Å². The van der Waals surface area contributed by atoms with Crippen LogP contribution in [0.5, 0.6) is 0 Å². The van der Waals surface area contributed by atoms with E-state index >= 15 is 0 Å². The number of benzene rings is 7. The molecule has 0 bridgehead atoms. The lowest BCUT2D eigenvalue weighted by Crippen LogP contribution is -2.55. The molecule has 0 atom stereocenters. The smallest absolute Gasteiger partial charge is 0.134 e. The van der Waals surface area contributed by atoms with Crippen molar-refractivity contribution in [1.29, 1.82) is 0 Å². The van der Waals surface area contributed by atoms with E-state index in [1.165, 1.54) is 53.6 Å². The average molecular weight is 647 g/mol. The fourth-order valence-corrected chi connectivity index (χ4v) is 8.04. The maximum absolute atomic E-state index is 2.27. The van der Waals surface area contributed by atoms with Crippen LogP contribution in [0.4, 0.5) is 0 Å². The maximum Gasteiger partial charge on any atom is 0.428 e. The molecule has 7 aromatic carbocycles. The van der Waals surface area contributed by atoms with E-state index in [1.807, 2.05) is 23.5 Å². The third kappa shape index (κ3) is 5.48. The van der Waals surface area contributed by atoms with Crippen molar-refractivity contribution < 1.29 is 13.7 Å². The van der Waals surface area contributed by atoms with E-state index in [1.54, 1.807) is 0 Å². The molecule has 0 aliphatic rings. The van der Waals surface area contributed by atoms with Gasteiger partial charge in [0.25, 0.3) is 0 Å².